The van der Waals surface area contributed by atoms with E-state index in [1.165, 1.54) is 5.57 Å². The Morgan fingerprint density at radius 3 is 3.06 bits per heavy atom. The molecule has 0 radical (unpaired) electrons. The molecule has 2 N–H and O–H groups in total. The standard InChI is InChI=1S/C12H17NO3/c1-2-9-15-11-6-3-10(4-7-11)5-8-12(14)16-13/h1,3,11H,4-9,13H2. The third-order valence-corrected chi connectivity index (χ3v) is 2.64. The normalized spacial score (nSPS) is 19.8. The van der Waals surface area contributed by atoms with E-state index in [-0.39, 0.29) is 12.1 Å². The number of carbonyl (C=O) groups excluding carboxylic acids is 1. The summed E-state index contributed by atoms with van der Waals surface area (Å²) in [6.45, 7) is 0.368. The number of ether oxygens (including phenoxy) is 1. The van der Waals surface area contributed by atoms with Crippen LogP contribution in [0, 0.1) is 12.3 Å². The van der Waals surface area contributed by atoms with Crippen molar-refractivity contribution >= 4 is 5.97 Å². The molecule has 0 heterocycles. The molecule has 0 saturated carbocycles. The van der Waals surface area contributed by atoms with Crippen molar-refractivity contribution in [3.8, 4) is 12.3 Å². The van der Waals surface area contributed by atoms with Gasteiger partial charge in [0.15, 0.2) is 0 Å². The van der Waals surface area contributed by atoms with Crippen LogP contribution in [0.15, 0.2) is 11.6 Å². The van der Waals surface area contributed by atoms with Crippen LogP contribution in [0.25, 0.3) is 0 Å². The average Bonchev–Trinajstić information content (AvgIpc) is 2.34. The highest BCUT2D eigenvalue weighted by Crippen LogP contribution is 2.23. The number of hydrogen-bond acceptors (Lipinski definition) is 4. The van der Waals surface area contributed by atoms with Gasteiger partial charge in [-0.3, -0.25) is 4.79 Å². The highest BCUT2D eigenvalue weighted by molar-refractivity contribution is 5.69. The summed E-state index contributed by atoms with van der Waals surface area (Å²) in [7, 11) is 0. The first kappa shape index (κ1) is 12.8. The third-order valence-electron chi connectivity index (χ3n) is 2.64. The van der Waals surface area contributed by atoms with E-state index in [0.717, 1.165) is 25.7 Å². The monoisotopic (exact) mass is 223 g/mol. The zero-order valence-electron chi connectivity index (χ0n) is 9.28. The van der Waals surface area contributed by atoms with Crippen molar-refractivity contribution in [2.75, 3.05) is 6.61 Å². The van der Waals surface area contributed by atoms with Gasteiger partial charge in [0.25, 0.3) is 0 Å². The topological polar surface area (TPSA) is 61.5 Å². The van der Waals surface area contributed by atoms with Crippen LogP contribution in [0.2, 0.25) is 0 Å². The van der Waals surface area contributed by atoms with Gasteiger partial charge in [-0.2, -0.15) is 5.90 Å². The van der Waals surface area contributed by atoms with E-state index >= 15 is 0 Å². The maximum absolute atomic E-state index is 10.8. The molecule has 1 aliphatic rings. The lowest BCUT2D eigenvalue weighted by Gasteiger charge is -2.21. The van der Waals surface area contributed by atoms with Gasteiger partial charge in [0.1, 0.15) is 6.61 Å². The molecule has 1 rings (SSSR count). The maximum Gasteiger partial charge on any atom is 0.324 e. The van der Waals surface area contributed by atoms with Gasteiger partial charge in [-0.15, -0.1) is 6.42 Å². The number of nitrogens with two attached hydrogens (primary N) is 1. The molecule has 0 amide bonds. The van der Waals surface area contributed by atoms with Crippen LogP contribution in [0.1, 0.15) is 32.1 Å². The smallest absolute Gasteiger partial charge is 0.324 e. The quantitative estimate of drug-likeness (QED) is 0.433. The summed E-state index contributed by atoms with van der Waals surface area (Å²) >= 11 is 0. The van der Waals surface area contributed by atoms with Gasteiger partial charge in [-0.1, -0.05) is 17.6 Å². The van der Waals surface area contributed by atoms with Crippen molar-refractivity contribution in [2.24, 2.45) is 5.90 Å². The summed E-state index contributed by atoms with van der Waals surface area (Å²) in [6, 6.07) is 0. The molecule has 0 bridgehead atoms. The fourth-order valence-corrected chi connectivity index (χ4v) is 1.73. The molecule has 88 valence electrons. The van der Waals surface area contributed by atoms with Gasteiger partial charge >= 0.3 is 5.97 Å². The Bertz CT molecular complexity index is 304. The molecule has 0 spiro atoms. The van der Waals surface area contributed by atoms with Crippen LogP contribution < -0.4 is 5.90 Å². The van der Waals surface area contributed by atoms with E-state index in [0.29, 0.717) is 13.0 Å². The van der Waals surface area contributed by atoms with Gasteiger partial charge in [0, 0.05) is 0 Å². The summed E-state index contributed by atoms with van der Waals surface area (Å²) in [4.78, 5) is 14.9. The molecule has 1 unspecified atom stereocenters. The van der Waals surface area contributed by atoms with Crippen molar-refractivity contribution in [3.63, 3.8) is 0 Å². The molecule has 0 aromatic carbocycles. The molecular weight excluding hydrogens is 206 g/mol. The third kappa shape index (κ3) is 4.47. The minimum absolute atomic E-state index is 0.223. The van der Waals surface area contributed by atoms with Crippen LogP contribution in [0.5, 0.6) is 0 Å². The van der Waals surface area contributed by atoms with Crippen LogP contribution >= 0.6 is 0 Å². The lowest BCUT2D eigenvalue weighted by molar-refractivity contribution is -0.144. The molecule has 16 heavy (non-hydrogen) atoms. The Hall–Kier alpha value is -1.31. The van der Waals surface area contributed by atoms with Crippen LogP contribution in [0.4, 0.5) is 0 Å². The molecule has 0 aromatic heterocycles. The van der Waals surface area contributed by atoms with E-state index in [4.69, 9.17) is 17.1 Å². The SMILES string of the molecule is C#CCOC1CC=C(CCC(=O)ON)CC1. The van der Waals surface area contributed by atoms with E-state index in [1.54, 1.807) is 0 Å². The number of allylic oxidation sites excluding steroid dienone is 1. The summed E-state index contributed by atoms with van der Waals surface area (Å²) in [6.07, 6.45) is 11.3. The fraction of sp³-hybridized carbons (Fsp3) is 0.583. The zero-order valence-corrected chi connectivity index (χ0v) is 9.28. The molecule has 0 saturated heterocycles. The molecule has 1 atom stereocenters. The summed E-state index contributed by atoms with van der Waals surface area (Å²) in [5, 5.41) is 0. The van der Waals surface area contributed by atoms with Gasteiger partial charge in [-0.05, 0) is 25.7 Å². The number of terminal acetylenes is 1. The second kappa shape index (κ2) is 7.04. The van der Waals surface area contributed by atoms with E-state index in [1.807, 2.05) is 0 Å². The molecule has 0 aromatic rings. The maximum atomic E-state index is 10.8. The fourth-order valence-electron chi connectivity index (χ4n) is 1.73. The minimum atomic E-state index is -0.369. The molecule has 0 fully saturated rings. The Balaban J connectivity index is 2.24. The predicted octanol–water partition coefficient (Wildman–Crippen LogP) is 1.31. The number of hydrogen-bond donors (Lipinski definition) is 1. The second-order valence-corrected chi connectivity index (χ2v) is 3.76. The summed E-state index contributed by atoms with van der Waals surface area (Å²) < 4.78 is 5.43. The van der Waals surface area contributed by atoms with Crippen molar-refractivity contribution in [1.29, 1.82) is 0 Å². The first-order valence-electron chi connectivity index (χ1n) is 5.38. The van der Waals surface area contributed by atoms with Crippen LogP contribution in [-0.4, -0.2) is 18.7 Å². The molecule has 4 nitrogen and oxygen atoms in total. The Kier molecular flexibility index (Phi) is 5.62. The Labute approximate surface area is 95.7 Å². The van der Waals surface area contributed by atoms with Crippen molar-refractivity contribution in [1.82, 2.24) is 0 Å². The van der Waals surface area contributed by atoms with Gasteiger partial charge in [0.2, 0.25) is 0 Å². The summed E-state index contributed by atoms with van der Waals surface area (Å²) in [5.41, 5.74) is 1.27. The summed E-state index contributed by atoms with van der Waals surface area (Å²) in [5.74, 6) is 6.84. The lowest BCUT2D eigenvalue weighted by atomic mass is 9.94. The first-order chi connectivity index (χ1) is 7.76. The zero-order chi connectivity index (χ0) is 11.8. The predicted molar refractivity (Wildman–Crippen MR) is 60.0 cm³/mol. The molecule has 0 aliphatic heterocycles. The molecular formula is C12H17NO3. The Morgan fingerprint density at radius 1 is 1.69 bits per heavy atom. The van der Waals surface area contributed by atoms with Crippen LogP contribution in [-0.2, 0) is 14.4 Å². The van der Waals surface area contributed by atoms with Gasteiger partial charge < -0.3 is 9.57 Å². The number of rotatable bonds is 5. The highest BCUT2D eigenvalue weighted by atomic mass is 16.7. The molecule has 4 heteroatoms. The lowest BCUT2D eigenvalue weighted by Crippen LogP contribution is -2.17. The van der Waals surface area contributed by atoms with Crippen molar-refractivity contribution in [2.45, 2.75) is 38.2 Å². The van der Waals surface area contributed by atoms with Crippen LogP contribution in [0.3, 0.4) is 0 Å². The Morgan fingerprint density at radius 2 is 2.50 bits per heavy atom. The highest BCUT2D eigenvalue weighted by Gasteiger charge is 2.15. The molecule has 1 aliphatic carbocycles. The van der Waals surface area contributed by atoms with Gasteiger partial charge in [0.05, 0.1) is 12.5 Å². The minimum Gasteiger partial charge on any atom is -0.373 e. The largest absolute Gasteiger partial charge is 0.373 e. The van der Waals surface area contributed by atoms with E-state index in [9.17, 15) is 4.79 Å². The van der Waals surface area contributed by atoms with E-state index in [2.05, 4.69) is 16.8 Å². The van der Waals surface area contributed by atoms with E-state index < -0.39 is 0 Å². The van der Waals surface area contributed by atoms with Crippen molar-refractivity contribution in [3.05, 3.63) is 11.6 Å². The second-order valence-electron chi connectivity index (χ2n) is 3.76. The first-order valence-corrected chi connectivity index (χ1v) is 5.38. The average molecular weight is 223 g/mol. The van der Waals surface area contributed by atoms with Crippen molar-refractivity contribution < 1.29 is 14.4 Å². The van der Waals surface area contributed by atoms with Gasteiger partial charge in [-0.25, -0.2) is 0 Å². The number of carbonyl (C=O) groups is 1.